The number of ketones is 1. The van der Waals surface area contributed by atoms with E-state index in [-0.39, 0.29) is 5.78 Å². The summed E-state index contributed by atoms with van der Waals surface area (Å²) in [4.78, 5) is 22.8. The minimum absolute atomic E-state index is 0.299. The fourth-order valence-electron chi connectivity index (χ4n) is 1.86. The van der Waals surface area contributed by atoms with Crippen molar-refractivity contribution in [2.45, 2.75) is 13.0 Å². The topological polar surface area (TPSA) is 63.6 Å². The Morgan fingerprint density at radius 2 is 1.88 bits per heavy atom. The minimum Gasteiger partial charge on any atom is -0.479 e. The highest BCUT2D eigenvalue weighted by Gasteiger charge is 2.12. The monoisotopic (exact) mass is 392 g/mol. The molecule has 0 saturated carbocycles. The summed E-state index contributed by atoms with van der Waals surface area (Å²) in [5.41, 5.74) is 0.685. The largest absolute Gasteiger partial charge is 0.479 e. The van der Waals surface area contributed by atoms with Crippen LogP contribution in [0.1, 0.15) is 22.8 Å². The number of hydrogen-bond acceptors (Lipinski definition) is 3. The van der Waals surface area contributed by atoms with E-state index in [2.05, 4.69) is 15.9 Å². The van der Waals surface area contributed by atoms with E-state index < -0.39 is 17.9 Å². The third-order valence-electron chi connectivity index (χ3n) is 3.17. The summed E-state index contributed by atoms with van der Waals surface area (Å²) in [5, 5.41) is 8.78. The van der Waals surface area contributed by atoms with Crippen molar-refractivity contribution in [2.24, 2.45) is 0 Å². The molecule has 0 aliphatic heterocycles. The number of halogens is 2. The minimum atomic E-state index is -1.07. The van der Waals surface area contributed by atoms with Gasteiger partial charge in [-0.05, 0) is 61.5 Å². The number of benzene rings is 2. The lowest BCUT2D eigenvalue weighted by molar-refractivity contribution is -0.144. The van der Waals surface area contributed by atoms with E-state index >= 15 is 0 Å². The van der Waals surface area contributed by atoms with E-state index in [1.165, 1.54) is 49.4 Å². The molecular weight excluding hydrogens is 379 g/mol. The number of ether oxygens (including phenoxy) is 1. The highest BCUT2D eigenvalue weighted by atomic mass is 79.9. The summed E-state index contributed by atoms with van der Waals surface area (Å²) in [7, 11) is 0. The van der Waals surface area contributed by atoms with Crippen molar-refractivity contribution in [1.29, 1.82) is 0 Å². The molecule has 0 heterocycles. The Bertz CT molecular complexity index is 784. The van der Waals surface area contributed by atoms with Gasteiger partial charge in [0.2, 0.25) is 0 Å². The second-order valence-corrected chi connectivity index (χ2v) is 5.90. The average molecular weight is 393 g/mol. The van der Waals surface area contributed by atoms with Gasteiger partial charge in [-0.15, -0.1) is 0 Å². The summed E-state index contributed by atoms with van der Waals surface area (Å²) < 4.78 is 19.5. The molecule has 0 radical (unpaired) electrons. The number of hydrogen-bond donors (Lipinski definition) is 1. The van der Waals surface area contributed by atoms with Gasteiger partial charge >= 0.3 is 5.97 Å². The van der Waals surface area contributed by atoms with Crippen LogP contribution in [0.25, 0.3) is 6.08 Å². The standard InChI is InChI=1S/C18H14BrFO4/c1-11(18(22)23)24-15-6-2-12(3-7-15)17(21)9-4-13-10-14(19)5-8-16(13)20/h2-11H,1H3,(H,22,23)/b9-4+. The lowest BCUT2D eigenvalue weighted by Crippen LogP contribution is -2.22. The summed E-state index contributed by atoms with van der Waals surface area (Å²) in [5.74, 6) is -1.45. The van der Waals surface area contributed by atoms with Crippen LogP contribution in [-0.4, -0.2) is 23.0 Å². The van der Waals surface area contributed by atoms with E-state index in [9.17, 15) is 14.0 Å². The van der Waals surface area contributed by atoms with E-state index in [1.54, 1.807) is 12.1 Å². The van der Waals surface area contributed by atoms with Gasteiger partial charge < -0.3 is 9.84 Å². The van der Waals surface area contributed by atoms with E-state index in [0.29, 0.717) is 21.3 Å². The normalized spacial score (nSPS) is 12.1. The van der Waals surface area contributed by atoms with Crippen LogP contribution in [-0.2, 0) is 4.79 Å². The maximum Gasteiger partial charge on any atom is 0.344 e. The molecule has 6 heteroatoms. The smallest absolute Gasteiger partial charge is 0.344 e. The molecular formula is C18H14BrFO4. The van der Waals surface area contributed by atoms with Crippen molar-refractivity contribution >= 4 is 33.8 Å². The number of carbonyl (C=O) groups is 2. The van der Waals surface area contributed by atoms with Gasteiger partial charge in [0.05, 0.1) is 0 Å². The maximum absolute atomic E-state index is 13.6. The number of aliphatic carboxylic acids is 1. The first-order valence-electron chi connectivity index (χ1n) is 7.04. The van der Waals surface area contributed by atoms with Gasteiger partial charge in [-0.2, -0.15) is 0 Å². The van der Waals surface area contributed by atoms with E-state index in [4.69, 9.17) is 9.84 Å². The fourth-order valence-corrected chi connectivity index (χ4v) is 2.24. The highest BCUT2D eigenvalue weighted by molar-refractivity contribution is 9.10. The molecule has 1 N–H and O–H groups in total. The Morgan fingerprint density at radius 3 is 2.50 bits per heavy atom. The van der Waals surface area contributed by atoms with Gasteiger partial charge in [-0.1, -0.05) is 15.9 Å². The molecule has 1 unspecified atom stereocenters. The highest BCUT2D eigenvalue weighted by Crippen LogP contribution is 2.18. The fraction of sp³-hybridized carbons (Fsp3) is 0.111. The van der Waals surface area contributed by atoms with Crippen molar-refractivity contribution < 1.29 is 23.8 Å². The van der Waals surface area contributed by atoms with E-state index in [0.717, 1.165) is 0 Å². The predicted molar refractivity (Wildman–Crippen MR) is 91.6 cm³/mol. The van der Waals surface area contributed by atoms with Gasteiger partial charge in [0.25, 0.3) is 0 Å². The van der Waals surface area contributed by atoms with Crippen molar-refractivity contribution in [3.63, 3.8) is 0 Å². The summed E-state index contributed by atoms with van der Waals surface area (Å²) in [6.45, 7) is 1.41. The zero-order valence-corrected chi connectivity index (χ0v) is 14.3. The third kappa shape index (κ3) is 4.76. The zero-order valence-electron chi connectivity index (χ0n) is 12.7. The van der Waals surface area contributed by atoms with Gasteiger partial charge in [0.1, 0.15) is 11.6 Å². The van der Waals surface area contributed by atoms with Crippen molar-refractivity contribution in [3.05, 3.63) is 70.0 Å². The number of carbonyl (C=O) groups excluding carboxylic acids is 1. The molecule has 0 fully saturated rings. The molecule has 0 aliphatic carbocycles. The van der Waals surface area contributed by atoms with Crippen LogP contribution in [0.3, 0.4) is 0 Å². The summed E-state index contributed by atoms with van der Waals surface area (Å²) in [6.07, 6.45) is 1.70. The molecule has 0 spiro atoms. The van der Waals surface area contributed by atoms with Crippen LogP contribution in [0.4, 0.5) is 4.39 Å². The Labute approximate surface area is 146 Å². The van der Waals surface area contributed by atoms with Crippen molar-refractivity contribution in [2.75, 3.05) is 0 Å². The molecule has 124 valence electrons. The molecule has 0 bridgehead atoms. The number of allylic oxidation sites excluding steroid dienone is 1. The number of rotatable bonds is 6. The quantitative estimate of drug-likeness (QED) is 0.586. The molecule has 2 aromatic rings. The Hall–Kier alpha value is -2.47. The van der Waals surface area contributed by atoms with Crippen LogP contribution >= 0.6 is 15.9 Å². The SMILES string of the molecule is CC(Oc1ccc(C(=O)/C=C/c2cc(Br)ccc2F)cc1)C(=O)O. The molecule has 24 heavy (non-hydrogen) atoms. The molecule has 2 aromatic carbocycles. The predicted octanol–water partition coefficient (Wildman–Crippen LogP) is 4.34. The summed E-state index contributed by atoms with van der Waals surface area (Å²) >= 11 is 3.24. The molecule has 4 nitrogen and oxygen atoms in total. The van der Waals surface area contributed by atoms with Gasteiger partial charge in [-0.3, -0.25) is 4.79 Å². The molecule has 2 rings (SSSR count). The molecule has 0 amide bonds. The first-order valence-corrected chi connectivity index (χ1v) is 7.83. The van der Waals surface area contributed by atoms with Gasteiger partial charge in [-0.25, -0.2) is 9.18 Å². The first-order chi connectivity index (χ1) is 11.4. The van der Waals surface area contributed by atoms with E-state index in [1.807, 2.05) is 0 Å². The van der Waals surface area contributed by atoms with Crippen LogP contribution in [0.2, 0.25) is 0 Å². The summed E-state index contributed by atoms with van der Waals surface area (Å²) in [6, 6.07) is 10.5. The van der Waals surface area contributed by atoms with Crippen LogP contribution in [0.5, 0.6) is 5.75 Å². The van der Waals surface area contributed by atoms with Crippen LogP contribution < -0.4 is 4.74 Å². The van der Waals surface area contributed by atoms with Gasteiger partial charge in [0, 0.05) is 15.6 Å². The number of carboxylic acids is 1. The Kier molecular flexibility index (Phi) is 5.87. The molecule has 0 saturated heterocycles. The molecule has 1 atom stereocenters. The van der Waals surface area contributed by atoms with Crippen molar-refractivity contribution in [3.8, 4) is 5.75 Å². The second-order valence-electron chi connectivity index (χ2n) is 4.99. The van der Waals surface area contributed by atoms with Gasteiger partial charge in [0.15, 0.2) is 11.9 Å². The zero-order chi connectivity index (χ0) is 17.7. The second kappa shape index (κ2) is 7.88. The lowest BCUT2D eigenvalue weighted by Gasteiger charge is -2.10. The average Bonchev–Trinajstić information content (AvgIpc) is 2.56. The molecule has 0 aliphatic rings. The first kappa shape index (κ1) is 17.9. The van der Waals surface area contributed by atoms with Crippen LogP contribution in [0, 0.1) is 5.82 Å². The Balaban J connectivity index is 2.08. The third-order valence-corrected chi connectivity index (χ3v) is 3.67. The Morgan fingerprint density at radius 1 is 1.21 bits per heavy atom. The van der Waals surface area contributed by atoms with Crippen molar-refractivity contribution in [1.82, 2.24) is 0 Å². The lowest BCUT2D eigenvalue weighted by atomic mass is 10.1. The number of carboxylic acid groups (broad SMARTS) is 1. The molecule has 0 aromatic heterocycles. The van der Waals surface area contributed by atoms with Crippen LogP contribution in [0.15, 0.2) is 53.0 Å². The maximum atomic E-state index is 13.6.